The molecule has 176 valence electrons. The van der Waals surface area contributed by atoms with Crippen LogP contribution >= 0.6 is 11.3 Å². The van der Waals surface area contributed by atoms with Gasteiger partial charge in [-0.25, -0.2) is 0 Å². The van der Waals surface area contributed by atoms with Gasteiger partial charge in [0.1, 0.15) is 24.7 Å². The molecule has 33 heavy (non-hydrogen) atoms. The largest absolute Gasteiger partial charge is 0.497 e. The van der Waals surface area contributed by atoms with Crippen molar-refractivity contribution >= 4 is 23.2 Å². The van der Waals surface area contributed by atoms with Crippen LogP contribution in [-0.4, -0.2) is 54.5 Å². The maximum Gasteiger partial charge on any atom is 0.242 e. The van der Waals surface area contributed by atoms with E-state index in [1.807, 2.05) is 34.1 Å². The van der Waals surface area contributed by atoms with E-state index in [4.69, 9.17) is 9.47 Å². The Kier molecular flexibility index (Phi) is 6.58. The van der Waals surface area contributed by atoms with Crippen LogP contribution in [0.1, 0.15) is 55.0 Å². The zero-order chi connectivity index (χ0) is 22.8. The Balaban J connectivity index is 1.31. The lowest BCUT2D eigenvalue weighted by Gasteiger charge is -2.37. The quantitative estimate of drug-likeness (QED) is 0.575. The van der Waals surface area contributed by atoms with Crippen LogP contribution in [0.4, 0.5) is 0 Å². The Labute approximate surface area is 199 Å². The van der Waals surface area contributed by atoms with Crippen LogP contribution < -0.4 is 9.47 Å². The highest BCUT2D eigenvalue weighted by Crippen LogP contribution is 2.36. The summed E-state index contributed by atoms with van der Waals surface area (Å²) in [5.74, 6) is 1.80. The fourth-order valence-corrected chi connectivity index (χ4v) is 6.09. The molecule has 2 saturated carbocycles. The molecule has 0 saturated heterocycles. The molecule has 2 heterocycles. The van der Waals surface area contributed by atoms with E-state index in [-0.39, 0.29) is 36.4 Å². The van der Waals surface area contributed by atoms with Gasteiger partial charge < -0.3 is 19.3 Å². The number of thiophene rings is 1. The molecule has 1 aliphatic heterocycles. The van der Waals surface area contributed by atoms with Crippen LogP contribution in [0.15, 0.2) is 35.7 Å². The fraction of sp³-hybridized carbons (Fsp3) is 0.538. The van der Waals surface area contributed by atoms with E-state index in [2.05, 4.69) is 11.4 Å². The average Bonchev–Trinajstić information content (AvgIpc) is 3.32. The minimum absolute atomic E-state index is 0.0318. The molecule has 3 aliphatic rings. The van der Waals surface area contributed by atoms with Gasteiger partial charge in [-0.1, -0.05) is 18.9 Å². The van der Waals surface area contributed by atoms with Gasteiger partial charge in [0, 0.05) is 29.4 Å². The van der Waals surface area contributed by atoms with Crippen molar-refractivity contribution in [1.82, 2.24) is 9.80 Å². The van der Waals surface area contributed by atoms with E-state index >= 15 is 0 Å². The Morgan fingerprint density at radius 3 is 2.67 bits per heavy atom. The molecule has 1 aromatic carbocycles. The fourth-order valence-electron chi connectivity index (χ4n) is 5.16. The molecule has 2 aromatic rings. The Morgan fingerprint density at radius 1 is 1.12 bits per heavy atom. The van der Waals surface area contributed by atoms with Gasteiger partial charge in [-0.15, -0.1) is 11.3 Å². The van der Waals surface area contributed by atoms with Crippen molar-refractivity contribution in [2.24, 2.45) is 5.92 Å². The Morgan fingerprint density at radius 2 is 1.91 bits per heavy atom. The molecule has 0 radical (unpaired) electrons. The second-order valence-corrected chi connectivity index (χ2v) is 10.3. The number of nitrogens with zero attached hydrogens (tertiary/aromatic N) is 2. The van der Waals surface area contributed by atoms with Gasteiger partial charge in [0.15, 0.2) is 0 Å². The predicted octanol–water partition coefficient (Wildman–Crippen LogP) is 4.44. The molecule has 6 nitrogen and oxygen atoms in total. The number of hydrogen-bond donors (Lipinski definition) is 0. The van der Waals surface area contributed by atoms with E-state index < -0.39 is 0 Å². The first-order valence-electron chi connectivity index (χ1n) is 12.1. The summed E-state index contributed by atoms with van der Waals surface area (Å²) >= 11 is 1.74. The average molecular weight is 469 g/mol. The highest BCUT2D eigenvalue weighted by Gasteiger charge is 2.40. The van der Waals surface area contributed by atoms with Crippen LogP contribution in [0.25, 0.3) is 0 Å². The summed E-state index contributed by atoms with van der Waals surface area (Å²) in [6, 6.07) is 9.75. The molecule has 7 heteroatoms. The predicted molar refractivity (Wildman–Crippen MR) is 128 cm³/mol. The molecule has 2 fully saturated rings. The molecule has 0 unspecified atom stereocenters. The summed E-state index contributed by atoms with van der Waals surface area (Å²) < 4.78 is 11.4. The van der Waals surface area contributed by atoms with Crippen LogP contribution in [-0.2, 0) is 16.0 Å². The topological polar surface area (TPSA) is 59.1 Å². The zero-order valence-electron chi connectivity index (χ0n) is 19.2. The number of carbonyl (C=O) groups is 2. The first-order valence-corrected chi connectivity index (χ1v) is 12.9. The van der Waals surface area contributed by atoms with Crippen molar-refractivity contribution in [2.45, 2.75) is 57.0 Å². The summed E-state index contributed by atoms with van der Waals surface area (Å²) in [4.78, 5) is 31.9. The lowest BCUT2D eigenvalue weighted by molar-refractivity contribution is -0.145. The third-order valence-corrected chi connectivity index (χ3v) is 8.14. The highest BCUT2D eigenvalue weighted by molar-refractivity contribution is 7.10. The summed E-state index contributed by atoms with van der Waals surface area (Å²) in [7, 11) is 1.64. The van der Waals surface area contributed by atoms with Crippen LogP contribution in [0, 0.1) is 5.92 Å². The molecule has 1 aromatic heterocycles. The lowest BCUT2D eigenvalue weighted by Crippen LogP contribution is -2.49. The molecular formula is C26H32N2O4S. The normalized spacial score (nSPS) is 20.4. The number of amides is 2. The van der Waals surface area contributed by atoms with E-state index in [1.54, 1.807) is 18.4 Å². The molecule has 2 amide bonds. The number of ether oxygens (including phenoxy) is 2. The third kappa shape index (κ3) is 4.88. The summed E-state index contributed by atoms with van der Waals surface area (Å²) in [6.45, 7) is 1.23. The number of benzene rings is 1. The molecule has 0 N–H and O–H groups in total. The maximum absolute atomic E-state index is 13.6. The van der Waals surface area contributed by atoms with Gasteiger partial charge >= 0.3 is 0 Å². The van der Waals surface area contributed by atoms with E-state index in [9.17, 15) is 9.59 Å². The lowest BCUT2D eigenvalue weighted by atomic mass is 10.00. The molecular weight excluding hydrogens is 436 g/mol. The highest BCUT2D eigenvalue weighted by atomic mass is 32.1. The van der Waals surface area contributed by atoms with E-state index in [0.29, 0.717) is 13.2 Å². The first kappa shape index (κ1) is 22.3. The number of hydrogen-bond acceptors (Lipinski definition) is 5. The van der Waals surface area contributed by atoms with Gasteiger partial charge in [0.2, 0.25) is 11.8 Å². The van der Waals surface area contributed by atoms with Gasteiger partial charge in [-0.2, -0.15) is 0 Å². The Hall–Kier alpha value is -2.54. The first-order chi connectivity index (χ1) is 16.1. The molecule has 5 rings (SSSR count). The molecule has 1 atom stereocenters. The Bertz CT molecular complexity index is 996. The maximum atomic E-state index is 13.6. The van der Waals surface area contributed by atoms with Crippen molar-refractivity contribution in [1.29, 1.82) is 0 Å². The minimum atomic E-state index is -0.152. The number of rotatable bonds is 8. The summed E-state index contributed by atoms with van der Waals surface area (Å²) in [6.07, 6.45) is 7.07. The van der Waals surface area contributed by atoms with E-state index in [0.717, 1.165) is 56.4 Å². The van der Waals surface area contributed by atoms with Gasteiger partial charge in [0.05, 0.1) is 13.2 Å². The number of fused-ring (bicyclic) bond motifs is 1. The number of carbonyl (C=O) groups excluding carboxylic acids is 2. The molecule has 2 aliphatic carbocycles. The second kappa shape index (κ2) is 9.75. The summed E-state index contributed by atoms with van der Waals surface area (Å²) in [5, 5.41) is 2.09. The van der Waals surface area contributed by atoms with Gasteiger partial charge in [-0.3, -0.25) is 9.59 Å². The number of methoxy groups -OCH3 is 1. The molecule has 0 spiro atoms. The van der Waals surface area contributed by atoms with Crippen molar-refractivity contribution in [3.8, 4) is 11.5 Å². The zero-order valence-corrected chi connectivity index (χ0v) is 20.0. The van der Waals surface area contributed by atoms with Crippen molar-refractivity contribution in [3.05, 3.63) is 46.2 Å². The van der Waals surface area contributed by atoms with Gasteiger partial charge in [-0.05, 0) is 61.2 Å². The smallest absolute Gasteiger partial charge is 0.242 e. The SMILES string of the molecule is COc1cccc(OC[C@H]2c3ccsc3CCN2C(=O)CN(C(=O)C2CCCC2)C2CC2)c1. The van der Waals surface area contributed by atoms with E-state index in [1.165, 1.54) is 10.4 Å². The standard InChI is InChI=1S/C26H32N2O4S/c1-31-20-7-4-8-21(15-20)32-17-23-22-12-14-33-24(22)11-13-27(23)25(29)16-28(19-9-10-19)26(30)18-5-2-3-6-18/h4,7-8,12,14-15,18-19,23H,2-3,5-6,9-11,13,16-17H2,1H3/t23-/m0/s1. The minimum Gasteiger partial charge on any atom is -0.497 e. The second-order valence-electron chi connectivity index (χ2n) is 9.32. The third-order valence-electron chi connectivity index (χ3n) is 7.15. The van der Waals surface area contributed by atoms with Crippen LogP contribution in [0.2, 0.25) is 0 Å². The van der Waals surface area contributed by atoms with Crippen LogP contribution in [0.3, 0.4) is 0 Å². The monoisotopic (exact) mass is 468 g/mol. The molecule has 0 bridgehead atoms. The van der Waals surface area contributed by atoms with Gasteiger partial charge in [0.25, 0.3) is 0 Å². The summed E-state index contributed by atoms with van der Waals surface area (Å²) in [5.41, 5.74) is 1.17. The van der Waals surface area contributed by atoms with Crippen molar-refractivity contribution < 1.29 is 19.1 Å². The van der Waals surface area contributed by atoms with Crippen molar-refractivity contribution in [2.75, 3.05) is 26.8 Å². The van der Waals surface area contributed by atoms with Crippen LogP contribution in [0.5, 0.6) is 11.5 Å². The van der Waals surface area contributed by atoms with Crippen molar-refractivity contribution in [3.63, 3.8) is 0 Å².